The maximum atomic E-state index is 12.6. The number of rotatable bonds is 24. The van der Waals surface area contributed by atoms with Crippen molar-refractivity contribution >= 4 is 77.2 Å². The first kappa shape index (κ1) is 51.7. The zero-order chi connectivity index (χ0) is 47.8. The summed E-state index contributed by atoms with van der Waals surface area (Å²) in [6.45, 7) is 6.16. The van der Waals surface area contributed by atoms with E-state index in [2.05, 4.69) is 14.7 Å². The average Bonchev–Trinajstić information content (AvgIpc) is 3.74. The minimum absolute atomic E-state index is 0.00787. The van der Waals surface area contributed by atoms with Crippen molar-refractivity contribution in [2.45, 2.75) is 99.2 Å². The van der Waals surface area contributed by atoms with Gasteiger partial charge in [-0.05, 0) is 82.0 Å². The van der Waals surface area contributed by atoms with Gasteiger partial charge < -0.3 is 29.1 Å². The molecule has 0 radical (unpaired) electrons. The topological polar surface area (TPSA) is 286 Å². The molecule has 356 valence electrons. The van der Waals surface area contributed by atoms with Crippen molar-refractivity contribution in [3.63, 3.8) is 0 Å². The lowest BCUT2D eigenvalue weighted by Gasteiger charge is -2.30. The molecule has 1 unspecified atom stereocenters. The van der Waals surface area contributed by atoms with Crippen LogP contribution in [0.15, 0.2) is 82.3 Å². The number of carbonyl (C=O) groups excluding carboxylic acids is 3. The lowest BCUT2D eigenvalue weighted by molar-refractivity contribution is -0.777. The van der Waals surface area contributed by atoms with Gasteiger partial charge in [0.1, 0.15) is 16.7 Å². The van der Waals surface area contributed by atoms with Crippen LogP contribution in [0, 0.1) is 0 Å². The minimum atomic E-state index is -4.80. The van der Waals surface area contributed by atoms with Gasteiger partial charge in [-0.1, -0.05) is 31.1 Å². The van der Waals surface area contributed by atoms with E-state index in [0.29, 0.717) is 59.6 Å². The standard InChI is InChI=1S/C42H54N4O15S4/c1-41(2)32-29-31(65(57,58)59)16-18-34(32)44(23-10-26-63(51,52)53)36(41)12-6-4-7-13-37-42(3,21-9-5-8-14-38(47)43-22-25-46-39(48)19-20-40(46)49)33-28-30(62-61-60-50)15-17-35(33)45(37)24-11-27-64(54,55)56/h4,6-7,12-13,15-18,28-29H,5,8-11,14,19-27H2,1-3H3,(H4-,43,47,50,51,52,53,54,55,56,57,58,59)/p-3. The summed E-state index contributed by atoms with van der Waals surface area (Å²) in [7, 11) is -13.9. The molecule has 1 fully saturated rings. The van der Waals surface area contributed by atoms with Gasteiger partial charge in [-0.2, -0.15) is 8.91 Å². The molecule has 0 aromatic heterocycles. The first-order valence-corrected chi connectivity index (χ1v) is 26.1. The second-order valence-corrected chi connectivity index (χ2v) is 21.8. The highest BCUT2D eigenvalue weighted by Crippen LogP contribution is 2.52. The Morgan fingerprint density at radius 3 is 2.18 bits per heavy atom. The summed E-state index contributed by atoms with van der Waals surface area (Å²) < 4.78 is 111. The van der Waals surface area contributed by atoms with E-state index >= 15 is 0 Å². The number of fused-ring (bicyclic) bond motifs is 2. The van der Waals surface area contributed by atoms with Gasteiger partial charge in [0.05, 0.1) is 42.6 Å². The molecule has 1 N–H and O–H groups in total. The van der Waals surface area contributed by atoms with Crippen LogP contribution >= 0.6 is 12.0 Å². The number of allylic oxidation sites excluding steroid dienone is 6. The molecule has 2 aromatic rings. The van der Waals surface area contributed by atoms with Crippen LogP contribution in [0.5, 0.6) is 0 Å². The van der Waals surface area contributed by atoms with Gasteiger partial charge in [0, 0.05) is 96.2 Å². The molecule has 3 heterocycles. The molecule has 19 nitrogen and oxygen atoms in total. The van der Waals surface area contributed by atoms with E-state index in [1.165, 1.54) is 18.2 Å². The van der Waals surface area contributed by atoms with Crippen molar-refractivity contribution < 1.29 is 72.5 Å². The largest absolute Gasteiger partial charge is 0.748 e. The van der Waals surface area contributed by atoms with E-state index in [0.717, 1.165) is 21.8 Å². The van der Waals surface area contributed by atoms with Gasteiger partial charge in [0.2, 0.25) is 23.4 Å². The number of benzene rings is 2. The zero-order valence-corrected chi connectivity index (χ0v) is 39.3. The summed E-state index contributed by atoms with van der Waals surface area (Å²) in [5.74, 6) is -1.96. The number of anilines is 1. The summed E-state index contributed by atoms with van der Waals surface area (Å²) in [4.78, 5) is 39.5. The SMILES string of the molecule is CC1(C)C(C=CC=CC=C2N(CCCS(=O)(=O)[O-])c3ccc(SOO[O-])cc3C2(C)CCCCCC(=O)NCCN2C(=O)CCC2=O)=[N+](CCCS(=O)(=O)[O-])c2ccc(S(=O)(=O)[O-])cc21. The van der Waals surface area contributed by atoms with E-state index < -0.39 is 57.6 Å². The molecule has 2 aromatic carbocycles. The second-order valence-electron chi connectivity index (χ2n) is 16.6. The van der Waals surface area contributed by atoms with Crippen molar-refractivity contribution in [2.24, 2.45) is 0 Å². The maximum absolute atomic E-state index is 12.6. The number of likely N-dealkylation sites (tertiary alicyclic amines) is 1. The van der Waals surface area contributed by atoms with Crippen LogP contribution in [-0.4, -0.2) is 110 Å². The Balaban J connectivity index is 1.41. The molecule has 3 aliphatic heterocycles. The molecule has 0 spiro atoms. The maximum Gasteiger partial charge on any atom is 0.229 e. The van der Waals surface area contributed by atoms with Gasteiger partial charge in [-0.25, -0.2) is 25.3 Å². The summed E-state index contributed by atoms with van der Waals surface area (Å²) in [5, 5.41) is 17.0. The van der Waals surface area contributed by atoms with Crippen LogP contribution in [0.2, 0.25) is 0 Å². The predicted molar refractivity (Wildman–Crippen MR) is 233 cm³/mol. The molecule has 0 aliphatic carbocycles. The fourth-order valence-corrected chi connectivity index (χ4v) is 10.4. The van der Waals surface area contributed by atoms with Gasteiger partial charge in [-0.3, -0.25) is 24.3 Å². The normalized spacial score (nSPS) is 19.4. The van der Waals surface area contributed by atoms with E-state index in [9.17, 15) is 58.6 Å². The third kappa shape index (κ3) is 13.4. The van der Waals surface area contributed by atoms with E-state index in [4.69, 9.17) is 0 Å². The first-order chi connectivity index (χ1) is 30.5. The van der Waals surface area contributed by atoms with Crippen LogP contribution in [-0.2, 0) is 64.9 Å². The Hall–Kier alpha value is -4.30. The number of nitrogens with zero attached hydrogens (tertiary/aromatic N) is 3. The van der Waals surface area contributed by atoms with Crippen LogP contribution in [0.4, 0.5) is 11.4 Å². The molecular weight excluding hydrogens is 929 g/mol. The summed E-state index contributed by atoms with van der Waals surface area (Å²) in [5.41, 5.74) is 2.37. The number of carbonyl (C=O) groups is 3. The van der Waals surface area contributed by atoms with E-state index in [-0.39, 0.29) is 76.0 Å². The quantitative estimate of drug-likeness (QED) is 0.0231. The summed E-state index contributed by atoms with van der Waals surface area (Å²) >= 11 is 0.702. The monoisotopic (exact) mass is 979 g/mol. The number of amides is 3. The zero-order valence-electron chi connectivity index (χ0n) is 36.1. The predicted octanol–water partition coefficient (Wildman–Crippen LogP) is 3.06. The molecule has 1 atom stereocenters. The van der Waals surface area contributed by atoms with Crippen LogP contribution in [0.25, 0.3) is 0 Å². The number of hydrogen-bond donors (Lipinski definition) is 1. The molecule has 3 aliphatic rings. The van der Waals surface area contributed by atoms with Gasteiger partial charge in [-0.15, -0.1) is 0 Å². The van der Waals surface area contributed by atoms with Crippen molar-refractivity contribution in [1.82, 2.24) is 10.2 Å². The molecule has 23 heteroatoms. The van der Waals surface area contributed by atoms with Crippen molar-refractivity contribution in [3.8, 4) is 0 Å². The Morgan fingerprint density at radius 2 is 1.52 bits per heavy atom. The highest BCUT2D eigenvalue weighted by atomic mass is 32.2. The smallest absolute Gasteiger partial charge is 0.229 e. The average molecular weight is 980 g/mol. The summed E-state index contributed by atoms with van der Waals surface area (Å²) in [6, 6.07) is 9.27. The van der Waals surface area contributed by atoms with Crippen molar-refractivity contribution in [3.05, 3.63) is 83.6 Å². The molecule has 65 heavy (non-hydrogen) atoms. The lowest BCUT2D eigenvalue weighted by Crippen LogP contribution is -2.37. The third-order valence-corrected chi connectivity index (χ3v) is 14.7. The lowest BCUT2D eigenvalue weighted by atomic mass is 9.77. The molecular formula is C42H51N4O15S4-3. The third-order valence-electron chi connectivity index (χ3n) is 11.7. The number of nitrogens with one attached hydrogen (secondary N) is 1. The summed E-state index contributed by atoms with van der Waals surface area (Å²) in [6.07, 6.45) is 11.7. The van der Waals surface area contributed by atoms with Gasteiger partial charge >= 0.3 is 0 Å². The molecule has 0 bridgehead atoms. The van der Waals surface area contributed by atoms with Gasteiger partial charge in [0.25, 0.3) is 0 Å². The Labute approximate surface area is 383 Å². The van der Waals surface area contributed by atoms with Gasteiger partial charge in [0.15, 0.2) is 5.71 Å². The van der Waals surface area contributed by atoms with Crippen LogP contribution in [0.3, 0.4) is 0 Å². The highest BCUT2D eigenvalue weighted by Gasteiger charge is 2.45. The number of imide groups is 1. The Kier molecular flexibility index (Phi) is 17.1. The number of hydrogen-bond acceptors (Lipinski definition) is 17. The van der Waals surface area contributed by atoms with E-state index in [1.807, 2.05) is 37.8 Å². The van der Waals surface area contributed by atoms with E-state index in [1.54, 1.807) is 41.0 Å². The molecule has 1 saturated heterocycles. The minimum Gasteiger partial charge on any atom is -0.748 e. The Morgan fingerprint density at radius 1 is 0.831 bits per heavy atom. The fourth-order valence-electron chi connectivity index (χ4n) is 8.56. The van der Waals surface area contributed by atoms with Crippen LogP contribution in [0.1, 0.15) is 89.7 Å². The van der Waals surface area contributed by atoms with Crippen LogP contribution < -0.4 is 15.5 Å². The molecule has 3 amide bonds. The first-order valence-electron chi connectivity index (χ1n) is 20.8. The highest BCUT2D eigenvalue weighted by molar-refractivity contribution is 7.94. The fraction of sp³-hybridized carbons (Fsp3) is 0.476. The van der Waals surface area contributed by atoms with Crippen molar-refractivity contribution in [2.75, 3.05) is 42.6 Å². The molecule has 5 rings (SSSR count). The number of unbranched alkanes of at least 4 members (excludes halogenated alkanes) is 2. The van der Waals surface area contributed by atoms with Crippen molar-refractivity contribution in [1.29, 1.82) is 0 Å². The Bertz CT molecular complexity index is 2590. The second kappa shape index (κ2) is 21.6. The molecule has 0 saturated carbocycles.